The Kier molecular flexibility index (Phi) is 6.82. The molecule has 2 atom stereocenters. The number of carbonyl (C=O) groups is 1. The molecule has 0 bridgehead atoms. The molecular weight excluding hydrogens is 252 g/mol. The molecule has 0 aromatic carbocycles. The fourth-order valence-electron chi connectivity index (χ4n) is 2.85. The lowest BCUT2D eigenvalue weighted by Crippen LogP contribution is -2.49. The maximum atomic E-state index is 11.6. The maximum absolute atomic E-state index is 11.6. The van der Waals surface area contributed by atoms with E-state index >= 15 is 0 Å². The summed E-state index contributed by atoms with van der Waals surface area (Å²) in [6, 6.07) is 0.200. The van der Waals surface area contributed by atoms with Gasteiger partial charge < -0.3 is 15.5 Å². The zero-order chi connectivity index (χ0) is 15.1. The maximum Gasteiger partial charge on any atom is 0.221 e. The summed E-state index contributed by atoms with van der Waals surface area (Å²) in [4.78, 5) is 18.2. The minimum atomic E-state index is 0.0864. The van der Waals surface area contributed by atoms with Crippen LogP contribution in [0.25, 0.3) is 0 Å². The van der Waals surface area contributed by atoms with E-state index in [4.69, 9.17) is 0 Å². The molecule has 0 spiro atoms. The molecule has 5 nitrogen and oxygen atoms in total. The molecule has 0 radical (unpaired) electrons. The predicted molar refractivity (Wildman–Crippen MR) is 83.8 cm³/mol. The number of aliphatic imine (C=N–C) groups is 1. The Morgan fingerprint density at radius 2 is 1.90 bits per heavy atom. The minimum Gasteiger partial charge on any atom is -0.356 e. The van der Waals surface area contributed by atoms with Crippen LogP contribution in [0.4, 0.5) is 0 Å². The Morgan fingerprint density at radius 1 is 1.30 bits per heavy atom. The minimum absolute atomic E-state index is 0.0864. The number of nitrogens with zero attached hydrogens (tertiary/aromatic N) is 2. The highest BCUT2D eigenvalue weighted by Gasteiger charge is 2.23. The van der Waals surface area contributed by atoms with Crippen LogP contribution in [0, 0.1) is 11.8 Å². The summed E-state index contributed by atoms with van der Waals surface area (Å²) >= 11 is 0. The van der Waals surface area contributed by atoms with Crippen LogP contribution in [0.15, 0.2) is 4.99 Å². The second kappa shape index (κ2) is 8.12. The molecule has 1 fully saturated rings. The van der Waals surface area contributed by atoms with Crippen molar-refractivity contribution in [3.8, 4) is 0 Å². The SMILES string of the molecule is CN=C(NCCC(=O)NC(C)C)N1CC(C)CC(C)C1. The van der Waals surface area contributed by atoms with Crippen molar-refractivity contribution in [1.82, 2.24) is 15.5 Å². The second-order valence-electron chi connectivity index (χ2n) is 6.30. The zero-order valence-electron chi connectivity index (χ0n) is 13.6. The van der Waals surface area contributed by atoms with Gasteiger partial charge in [-0.05, 0) is 32.1 Å². The number of amides is 1. The van der Waals surface area contributed by atoms with Gasteiger partial charge >= 0.3 is 0 Å². The van der Waals surface area contributed by atoms with Crippen LogP contribution in [0.1, 0.15) is 40.5 Å². The molecule has 1 rings (SSSR count). The van der Waals surface area contributed by atoms with Gasteiger partial charge in [0.05, 0.1) is 0 Å². The van der Waals surface area contributed by atoms with E-state index in [-0.39, 0.29) is 11.9 Å². The highest BCUT2D eigenvalue weighted by atomic mass is 16.1. The molecule has 116 valence electrons. The monoisotopic (exact) mass is 282 g/mol. The lowest BCUT2D eigenvalue weighted by atomic mass is 9.92. The summed E-state index contributed by atoms with van der Waals surface area (Å²) in [7, 11) is 1.81. The van der Waals surface area contributed by atoms with Crippen LogP contribution in [0.5, 0.6) is 0 Å². The quantitative estimate of drug-likeness (QED) is 0.606. The first-order valence-corrected chi connectivity index (χ1v) is 7.67. The van der Waals surface area contributed by atoms with Gasteiger partial charge in [0.2, 0.25) is 5.91 Å². The number of likely N-dealkylation sites (tertiary alicyclic amines) is 1. The van der Waals surface area contributed by atoms with Crippen molar-refractivity contribution < 1.29 is 4.79 Å². The molecule has 20 heavy (non-hydrogen) atoms. The third-order valence-corrected chi connectivity index (χ3v) is 3.47. The van der Waals surface area contributed by atoms with Crippen LogP contribution in [0.3, 0.4) is 0 Å². The van der Waals surface area contributed by atoms with E-state index in [1.807, 2.05) is 13.8 Å². The smallest absolute Gasteiger partial charge is 0.221 e. The van der Waals surface area contributed by atoms with Crippen molar-refractivity contribution >= 4 is 11.9 Å². The number of piperidine rings is 1. The Balaban J connectivity index is 2.38. The van der Waals surface area contributed by atoms with Crippen LogP contribution >= 0.6 is 0 Å². The highest BCUT2D eigenvalue weighted by molar-refractivity contribution is 5.81. The van der Waals surface area contributed by atoms with E-state index in [1.54, 1.807) is 7.05 Å². The third-order valence-electron chi connectivity index (χ3n) is 3.47. The summed E-state index contributed by atoms with van der Waals surface area (Å²) in [5.74, 6) is 2.40. The van der Waals surface area contributed by atoms with Gasteiger partial charge in [-0.15, -0.1) is 0 Å². The molecule has 1 amide bonds. The van der Waals surface area contributed by atoms with Crippen molar-refractivity contribution in [2.75, 3.05) is 26.7 Å². The number of guanidine groups is 1. The molecule has 5 heteroatoms. The Morgan fingerprint density at radius 3 is 2.40 bits per heavy atom. The standard InChI is InChI=1S/C15H30N4O/c1-11(2)18-14(20)6-7-17-15(16-5)19-9-12(3)8-13(4)10-19/h11-13H,6-10H2,1-5H3,(H,16,17)(H,18,20). The van der Waals surface area contributed by atoms with Gasteiger partial charge in [-0.3, -0.25) is 9.79 Å². The van der Waals surface area contributed by atoms with E-state index in [1.165, 1.54) is 6.42 Å². The number of rotatable bonds is 4. The van der Waals surface area contributed by atoms with Crippen molar-refractivity contribution in [2.45, 2.75) is 46.6 Å². The van der Waals surface area contributed by atoms with Gasteiger partial charge in [0.25, 0.3) is 0 Å². The summed E-state index contributed by atoms with van der Waals surface area (Å²) in [6.07, 6.45) is 1.76. The van der Waals surface area contributed by atoms with Crippen LogP contribution < -0.4 is 10.6 Å². The van der Waals surface area contributed by atoms with Gasteiger partial charge in [-0.1, -0.05) is 13.8 Å². The average Bonchev–Trinajstić information content (AvgIpc) is 2.32. The first-order chi connectivity index (χ1) is 9.42. The second-order valence-corrected chi connectivity index (χ2v) is 6.30. The van der Waals surface area contributed by atoms with Crippen molar-refractivity contribution in [3.63, 3.8) is 0 Å². The fourth-order valence-corrected chi connectivity index (χ4v) is 2.85. The average molecular weight is 282 g/mol. The molecule has 2 N–H and O–H groups in total. The molecular formula is C15H30N4O. The van der Waals surface area contributed by atoms with E-state index in [2.05, 4.69) is 34.4 Å². The summed E-state index contributed by atoms with van der Waals surface area (Å²) < 4.78 is 0. The summed E-state index contributed by atoms with van der Waals surface area (Å²) in [6.45, 7) is 11.2. The molecule has 1 aliphatic heterocycles. The first kappa shape index (κ1) is 16.8. The Bertz CT molecular complexity index is 331. The summed E-state index contributed by atoms with van der Waals surface area (Å²) in [5, 5.41) is 6.20. The van der Waals surface area contributed by atoms with E-state index in [0.29, 0.717) is 24.8 Å². The van der Waals surface area contributed by atoms with Gasteiger partial charge in [-0.2, -0.15) is 0 Å². The number of carbonyl (C=O) groups excluding carboxylic acids is 1. The number of hydrogen-bond acceptors (Lipinski definition) is 2. The molecule has 1 aliphatic rings. The van der Waals surface area contributed by atoms with Gasteiger partial charge in [0.15, 0.2) is 5.96 Å². The predicted octanol–water partition coefficient (Wildman–Crippen LogP) is 1.45. The van der Waals surface area contributed by atoms with E-state index < -0.39 is 0 Å². The Labute approximate surface area is 123 Å². The van der Waals surface area contributed by atoms with Gasteiger partial charge in [-0.25, -0.2) is 0 Å². The molecule has 0 aliphatic carbocycles. The zero-order valence-corrected chi connectivity index (χ0v) is 13.6. The number of hydrogen-bond donors (Lipinski definition) is 2. The molecule has 0 aromatic rings. The van der Waals surface area contributed by atoms with E-state index in [0.717, 1.165) is 19.0 Å². The largest absolute Gasteiger partial charge is 0.356 e. The first-order valence-electron chi connectivity index (χ1n) is 7.67. The molecule has 2 unspecified atom stereocenters. The molecule has 0 aromatic heterocycles. The van der Waals surface area contributed by atoms with E-state index in [9.17, 15) is 4.79 Å². The van der Waals surface area contributed by atoms with Crippen molar-refractivity contribution in [3.05, 3.63) is 0 Å². The lowest BCUT2D eigenvalue weighted by molar-refractivity contribution is -0.121. The van der Waals surface area contributed by atoms with Gasteiger partial charge in [0.1, 0.15) is 0 Å². The topological polar surface area (TPSA) is 56.7 Å². The normalized spacial score (nSPS) is 23.9. The van der Waals surface area contributed by atoms with Gasteiger partial charge in [0, 0.05) is 39.1 Å². The molecule has 1 saturated heterocycles. The summed E-state index contributed by atoms with van der Waals surface area (Å²) in [5.41, 5.74) is 0. The third kappa shape index (κ3) is 5.80. The highest BCUT2D eigenvalue weighted by Crippen LogP contribution is 2.20. The molecule has 1 heterocycles. The Hall–Kier alpha value is -1.26. The molecule has 0 saturated carbocycles. The van der Waals surface area contributed by atoms with Crippen LogP contribution in [-0.2, 0) is 4.79 Å². The lowest BCUT2D eigenvalue weighted by Gasteiger charge is -2.37. The fraction of sp³-hybridized carbons (Fsp3) is 0.867. The number of nitrogens with one attached hydrogen (secondary N) is 2. The van der Waals surface area contributed by atoms with Crippen LogP contribution in [0.2, 0.25) is 0 Å². The van der Waals surface area contributed by atoms with Crippen molar-refractivity contribution in [1.29, 1.82) is 0 Å². The van der Waals surface area contributed by atoms with Crippen LogP contribution in [-0.4, -0.2) is 49.5 Å². The van der Waals surface area contributed by atoms with Crippen molar-refractivity contribution in [2.24, 2.45) is 16.8 Å².